The number of hydrogen-bond donors (Lipinski definition) is 2. The second-order valence-corrected chi connectivity index (χ2v) is 5.33. The topological polar surface area (TPSA) is 103 Å². The van der Waals surface area contributed by atoms with E-state index in [1.54, 1.807) is 25.2 Å². The number of amides is 1. The highest BCUT2D eigenvalue weighted by Crippen LogP contribution is 2.29. The van der Waals surface area contributed by atoms with Crippen LogP contribution in [0.1, 0.15) is 34.7 Å². The first-order valence-electron chi connectivity index (χ1n) is 7.25. The Labute approximate surface area is 139 Å². The number of carboxylic acid groups (broad SMARTS) is 1. The summed E-state index contributed by atoms with van der Waals surface area (Å²) in [5.74, 6) is -0.323. The summed E-state index contributed by atoms with van der Waals surface area (Å²) in [7, 11) is 3.03. The quantitative estimate of drug-likeness (QED) is 0.840. The first-order chi connectivity index (χ1) is 11.3. The van der Waals surface area contributed by atoms with Gasteiger partial charge in [-0.05, 0) is 32.0 Å². The number of carbonyl (C=O) groups is 2. The van der Waals surface area contributed by atoms with Crippen molar-refractivity contribution >= 4 is 17.7 Å². The molecule has 0 aliphatic rings. The number of anilines is 1. The molecule has 1 amide bonds. The number of aryl methyl sites for hydroxylation is 1. The fourth-order valence-corrected chi connectivity index (χ4v) is 2.04. The van der Waals surface area contributed by atoms with E-state index >= 15 is 0 Å². The number of ether oxygens (including phenoxy) is 2. The molecule has 24 heavy (non-hydrogen) atoms. The summed E-state index contributed by atoms with van der Waals surface area (Å²) in [5, 5.41) is 15.3. The van der Waals surface area contributed by atoms with E-state index in [1.807, 2.05) is 13.8 Å². The molecule has 1 aromatic heterocycles. The minimum absolute atomic E-state index is 0.0255. The first-order valence-corrected chi connectivity index (χ1v) is 7.25. The van der Waals surface area contributed by atoms with Gasteiger partial charge in [0, 0.05) is 18.7 Å². The fourth-order valence-electron chi connectivity index (χ4n) is 2.04. The number of aromatic carboxylic acids is 1. The normalized spacial score (nSPS) is 10.5. The molecule has 0 atom stereocenters. The number of carbonyl (C=O) groups excluding carboxylic acids is 1. The van der Waals surface area contributed by atoms with Crippen LogP contribution in [0.4, 0.5) is 5.82 Å². The third-order valence-electron chi connectivity index (χ3n) is 3.13. The van der Waals surface area contributed by atoms with E-state index in [0.717, 1.165) is 0 Å². The molecular formula is C16H19N3O5. The average molecular weight is 333 g/mol. The third-order valence-corrected chi connectivity index (χ3v) is 3.13. The van der Waals surface area contributed by atoms with E-state index in [4.69, 9.17) is 14.6 Å². The molecule has 0 saturated carbocycles. The summed E-state index contributed by atoms with van der Waals surface area (Å²) >= 11 is 0. The van der Waals surface area contributed by atoms with Gasteiger partial charge in [-0.15, -0.1) is 0 Å². The minimum Gasteiger partial charge on any atom is -0.493 e. The Hall–Kier alpha value is -3.03. The zero-order valence-electron chi connectivity index (χ0n) is 13.9. The second-order valence-electron chi connectivity index (χ2n) is 5.33. The van der Waals surface area contributed by atoms with Crippen LogP contribution in [0.15, 0.2) is 24.3 Å². The van der Waals surface area contributed by atoms with Crippen molar-refractivity contribution in [3.63, 3.8) is 0 Å². The van der Waals surface area contributed by atoms with Crippen LogP contribution >= 0.6 is 0 Å². The van der Waals surface area contributed by atoms with Crippen molar-refractivity contribution in [3.05, 3.63) is 35.5 Å². The van der Waals surface area contributed by atoms with Gasteiger partial charge < -0.3 is 19.9 Å². The maximum absolute atomic E-state index is 12.4. The Kier molecular flexibility index (Phi) is 5.08. The standard InChI is InChI=1S/C16H19N3O5/c1-9(2)24-12-6-5-10(7-13(12)23-4)15(20)17-14-8-11(16(21)22)18-19(14)3/h5-9H,1-4H3,(H,17,20)(H,21,22). The van der Waals surface area contributed by atoms with Gasteiger partial charge in [-0.3, -0.25) is 9.48 Å². The van der Waals surface area contributed by atoms with Crippen molar-refractivity contribution in [3.8, 4) is 11.5 Å². The highest BCUT2D eigenvalue weighted by molar-refractivity contribution is 6.04. The number of rotatable bonds is 6. The number of methoxy groups -OCH3 is 1. The monoisotopic (exact) mass is 333 g/mol. The molecule has 8 heteroatoms. The van der Waals surface area contributed by atoms with E-state index in [2.05, 4.69) is 10.4 Å². The lowest BCUT2D eigenvalue weighted by molar-refractivity contribution is 0.0689. The lowest BCUT2D eigenvalue weighted by atomic mass is 10.2. The van der Waals surface area contributed by atoms with Crippen molar-refractivity contribution in [2.24, 2.45) is 7.05 Å². The van der Waals surface area contributed by atoms with Crippen LogP contribution in [0.3, 0.4) is 0 Å². The fraction of sp³-hybridized carbons (Fsp3) is 0.312. The van der Waals surface area contributed by atoms with E-state index < -0.39 is 11.9 Å². The Morgan fingerprint density at radius 2 is 1.96 bits per heavy atom. The van der Waals surface area contributed by atoms with Crippen LogP contribution in [-0.2, 0) is 7.05 Å². The molecular weight excluding hydrogens is 314 g/mol. The van der Waals surface area contributed by atoms with Crippen LogP contribution in [0.5, 0.6) is 11.5 Å². The molecule has 0 aliphatic carbocycles. The van der Waals surface area contributed by atoms with E-state index in [-0.39, 0.29) is 17.6 Å². The summed E-state index contributed by atoms with van der Waals surface area (Å²) < 4.78 is 12.1. The molecule has 0 spiro atoms. The largest absolute Gasteiger partial charge is 0.493 e. The maximum Gasteiger partial charge on any atom is 0.356 e. The van der Waals surface area contributed by atoms with E-state index in [9.17, 15) is 9.59 Å². The molecule has 2 N–H and O–H groups in total. The number of benzene rings is 1. The van der Waals surface area contributed by atoms with Gasteiger partial charge in [0.05, 0.1) is 13.2 Å². The highest BCUT2D eigenvalue weighted by atomic mass is 16.5. The maximum atomic E-state index is 12.4. The van der Waals surface area contributed by atoms with E-state index in [1.165, 1.54) is 17.9 Å². The van der Waals surface area contributed by atoms with Crippen LogP contribution in [-0.4, -0.2) is 40.0 Å². The number of hydrogen-bond acceptors (Lipinski definition) is 5. The molecule has 1 aromatic carbocycles. The molecule has 128 valence electrons. The Morgan fingerprint density at radius 1 is 1.25 bits per heavy atom. The SMILES string of the molecule is COc1cc(C(=O)Nc2cc(C(=O)O)nn2C)ccc1OC(C)C. The summed E-state index contributed by atoms with van der Waals surface area (Å²) in [6.07, 6.45) is -0.0255. The van der Waals surface area contributed by atoms with E-state index in [0.29, 0.717) is 17.1 Å². The number of nitrogens with zero attached hydrogens (tertiary/aromatic N) is 2. The van der Waals surface area contributed by atoms with Crippen LogP contribution < -0.4 is 14.8 Å². The second kappa shape index (κ2) is 7.03. The lowest BCUT2D eigenvalue weighted by Crippen LogP contribution is -2.15. The Morgan fingerprint density at radius 3 is 2.50 bits per heavy atom. The van der Waals surface area contributed by atoms with Crippen molar-refractivity contribution in [2.75, 3.05) is 12.4 Å². The molecule has 0 aliphatic heterocycles. The van der Waals surface area contributed by atoms with Crippen LogP contribution in [0, 0.1) is 0 Å². The van der Waals surface area contributed by atoms with Crippen LogP contribution in [0.25, 0.3) is 0 Å². The minimum atomic E-state index is -1.16. The molecule has 0 bridgehead atoms. The molecule has 0 unspecified atom stereocenters. The molecule has 1 heterocycles. The Balaban J connectivity index is 2.22. The van der Waals surface area contributed by atoms with Gasteiger partial charge in [0.15, 0.2) is 17.2 Å². The van der Waals surface area contributed by atoms with Gasteiger partial charge in [-0.2, -0.15) is 5.10 Å². The highest BCUT2D eigenvalue weighted by Gasteiger charge is 2.16. The predicted molar refractivity (Wildman–Crippen MR) is 86.9 cm³/mol. The number of nitrogens with one attached hydrogen (secondary N) is 1. The smallest absolute Gasteiger partial charge is 0.356 e. The Bertz CT molecular complexity index is 767. The summed E-state index contributed by atoms with van der Waals surface area (Å²) in [5.41, 5.74) is 0.201. The summed E-state index contributed by atoms with van der Waals surface area (Å²) in [4.78, 5) is 23.3. The number of carboxylic acids is 1. The van der Waals surface area contributed by atoms with Gasteiger partial charge in [-0.25, -0.2) is 4.79 Å². The van der Waals surface area contributed by atoms with Crippen molar-refractivity contribution in [2.45, 2.75) is 20.0 Å². The number of aromatic nitrogens is 2. The summed E-state index contributed by atoms with van der Waals surface area (Å²) in [6.45, 7) is 3.78. The molecule has 2 aromatic rings. The third kappa shape index (κ3) is 3.83. The molecule has 8 nitrogen and oxygen atoms in total. The van der Waals surface area contributed by atoms with Gasteiger partial charge in [0.2, 0.25) is 0 Å². The molecule has 2 rings (SSSR count). The van der Waals surface area contributed by atoms with Gasteiger partial charge >= 0.3 is 5.97 Å². The average Bonchev–Trinajstić information content (AvgIpc) is 2.88. The predicted octanol–water partition coefficient (Wildman–Crippen LogP) is 2.17. The lowest BCUT2D eigenvalue weighted by Gasteiger charge is -2.14. The zero-order valence-corrected chi connectivity index (χ0v) is 13.9. The zero-order chi connectivity index (χ0) is 17.9. The molecule has 0 saturated heterocycles. The van der Waals surface area contributed by atoms with Gasteiger partial charge in [-0.1, -0.05) is 0 Å². The molecule has 0 fully saturated rings. The van der Waals surface area contributed by atoms with Gasteiger partial charge in [0.1, 0.15) is 5.82 Å². The van der Waals surface area contributed by atoms with Crippen molar-refractivity contribution in [1.29, 1.82) is 0 Å². The van der Waals surface area contributed by atoms with Gasteiger partial charge in [0.25, 0.3) is 5.91 Å². The van der Waals surface area contributed by atoms with Crippen molar-refractivity contribution in [1.82, 2.24) is 9.78 Å². The van der Waals surface area contributed by atoms with Crippen molar-refractivity contribution < 1.29 is 24.2 Å². The summed E-state index contributed by atoms with van der Waals surface area (Å²) in [6, 6.07) is 6.10. The first kappa shape index (κ1) is 17.3. The van der Waals surface area contributed by atoms with Crippen LogP contribution in [0.2, 0.25) is 0 Å². The molecule has 0 radical (unpaired) electrons.